The minimum atomic E-state index is -0.213. The van der Waals surface area contributed by atoms with Crippen LogP contribution >= 0.6 is 15.9 Å². The molecule has 5 heteroatoms. The van der Waals surface area contributed by atoms with Gasteiger partial charge in [-0.3, -0.25) is 9.59 Å². The Hall–Kier alpha value is -2.40. The van der Waals surface area contributed by atoms with Gasteiger partial charge in [-0.1, -0.05) is 59.1 Å². The summed E-state index contributed by atoms with van der Waals surface area (Å²) in [4.78, 5) is 28.6. The van der Waals surface area contributed by atoms with Gasteiger partial charge in [0.05, 0.1) is 0 Å². The van der Waals surface area contributed by atoms with E-state index in [0.29, 0.717) is 22.5 Å². The van der Waals surface area contributed by atoms with Crippen LogP contribution in [0.5, 0.6) is 0 Å². The molecule has 1 heterocycles. The van der Waals surface area contributed by atoms with Crippen molar-refractivity contribution in [3.63, 3.8) is 0 Å². The Labute approximate surface area is 172 Å². The van der Waals surface area contributed by atoms with Crippen molar-refractivity contribution in [3.8, 4) is 0 Å². The van der Waals surface area contributed by atoms with E-state index in [-0.39, 0.29) is 17.4 Å². The summed E-state index contributed by atoms with van der Waals surface area (Å²) in [5, 5.41) is 3.78. The van der Waals surface area contributed by atoms with Crippen LogP contribution in [-0.4, -0.2) is 16.9 Å². The van der Waals surface area contributed by atoms with E-state index in [9.17, 15) is 9.59 Å². The highest BCUT2D eigenvalue weighted by molar-refractivity contribution is 9.10. The van der Waals surface area contributed by atoms with Gasteiger partial charge in [0.25, 0.3) is 5.91 Å². The van der Waals surface area contributed by atoms with Crippen LogP contribution in [0.25, 0.3) is 10.9 Å². The SMILES string of the molecule is O=C(NC(Cc1ccccc1)C1CCCC1)c1cc(=O)c2cc(Br)ccc2[nH]1. The van der Waals surface area contributed by atoms with Crippen LogP contribution in [0.3, 0.4) is 0 Å². The number of fused-ring (bicyclic) bond motifs is 1. The second kappa shape index (κ2) is 8.31. The Kier molecular flexibility index (Phi) is 5.62. The van der Waals surface area contributed by atoms with E-state index in [1.807, 2.05) is 30.3 Å². The van der Waals surface area contributed by atoms with E-state index in [1.54, 1.807) is 6.07 Å². The first-order valence-corrected chi connectivity index (χ1v) is 10.6. The number of nitrogens with one attached hydrogen (secondary N) is 2. The summed E-state index contributed by atoms with van der Waals surface area (Å²) >= 11 is 3.38. The number of halogens is 1. The van der Waals surface area contributed by atoms with Crippen molar-refractivity contribution in [2.75, 3.05) is 0 Å². The van der Waals surface area contributed by atoms with Gasteiger partial charge in [-0.25, -0.2) is 0 Å². The summed E-state index contributed by atoms with van der Waals surface area (Å²) < 4.78 is 0.840. The fraction of sp³-hybridized carbons (Fsp3) is 0.304. The summed E-state index contributed by atoms with van der Waals surface area (Å²) in [6.07, 6.45) is 5.52. The summed E-state index contributed by atoms with van der Waals surface area (Å²) in [6.45, 7) is 0. The number of H-pyrrole nitrogens is 1. The van der Waals surface area contributed by atoms with Gasteiger partial charge < -0.3 is 10.3 Å². The maximum absolute atomic E-state index is 13.0. The number of rotatable bonds is 5. The van der Waals surface area contributed by atoms with Crippen molar-refractivity contribution in [1.29, 1.82) is 0 Å². The molecular formula is C23H23BrN2O2. The number of aromatic amines is 1. The standard InChI is InChI=1S/C23H23BrN2O2/c24-17-10-11-19-18(13-17)22(27)14-21(25-19)23(28)26-20(16-8-4-5-9-16)12-15-6-2-1-3-7-15/h1-3,6-7,10-11,13-14,16,20H,4-5,8-9,12H2,(H,25,27)(H,26,28). The third-order valence-corrected chi connectivity index (χ3v) is 6.11. The van der Waals surface area contributed by atoms with Gasteiger partial charge in [0.1, 0.15) is 5.69 Å². The van der Waals surface area contributed by atoms with Crippen molar-refractivity contribution < 1.29 is 4.79 Å². The summed E-state index contributed by atoms with van der Waals surface area (Å²) in [6, 6.07) is 17.2. The van der Waals surface area contributed by atoms with Crippen molar-refractivity contribution in [1.82, 2.24) is 10.3 Å². The van der Waals surface area contributed by atoms with E-state index in [0.717, 1.165) is 23.7 Å². The maximum atomic E-state index is 13.0. The van der Waals surface area contributed by atoms with Crippen LogP contribution < -0.4 is 10.7 Å². The van der Waals surface area contributed by atoms with Crippen LogP contribution in [0.15, 0.2) is 63.9 Å². The number of carbonyl (C=O) groups excluding carboxylic acids is 1. The maximum Gasteiger partial charge on any atom is 0.268 e. The lowest BCUT2D eigenvalue weighted by molar-refractivity contribution is 0.0917. The molecule has 1 aliphatic carbocycles. The van der Waals surface area contributed by atoms with Gasteiger partial charge >= 0.3 is 0 Å². The highest BCUT2D eigenvalue weighted by Crippen LogP contribution is 2.29. The molecule has 0 radical (unpaired) electrons. The molecule has 144 valence electrons. The first kappa shape index (κ1) is 18.9. The minimum Gasteiger partial charge on any atom is -0.350 e. The number of benzene rings is 2. The van der Waals surface area contributed by atoms with Crippen LogP contribution in [-0.2, 0) is 6.42 Å². The lowest BCUT2D eigenvalue weighted by Gasteiger charge is -2.25. The normalized spacial score (nSPS) is 15.6. The van der Waals surface area contributed by atoms with E-state index < -0.39 is 0 Å². The van der Waals surface area contributed by atoms with E-state index in [2.05, 4.69) is 38.4 Å². The minimum absolute atomic E-state index is 0.0708. The van der Waals surface area contributed by atoms with Crippen LogP contribution in [0.2, 0.25) is 0 Å². The molecule has 28 heavy (non-hydrogen) atoms. The fourth-order valence-electron chi connectivity index (χ4n) is 4.15. The summed E-state index contributed by atoms with van der Waals surface area (Å²) in [5.41, 5.74) is 2.05. The first-order valence-electron chi connectivity index (χ1n) is 9.77. The summed E-state index contributed by atoms with van der Waals surface area (Å²) in [5.74, 6) is 0.266. The average Bonchev–Trinajstić information content (AvgIpc) is 3.23. The van der Waals surface area contributed by atoms with Crippen molar-refractivity contribution in [3.05, 3.63) is 80.6 Å². The van der Waals surface area contributed by atoms with Crippen molar-refractivity contribution in [2.45, 2.75) is 38.1 Å². The molecule has 2 aromatic carbocycles. The van der Waals surface area contributed by atoms with Gasteiger partial charge in [0.2, 0.25) is 0 Å². The monoisotopic (exact) mass is 438 g/mol. The molecule has 4 nitrogen and oxygen atoms in total. The number of pyridine rings is 1. The lowest BCUT2D eigenvalue weighted by Crippen LogP contribution is -2.41. The Bertz CT molecular complexity index is 1040. The third-order valence-electron chi connectivity index (χ3n) is 5.62. The van der Waals surface area contributed by atoms with Gasteiger partial charge in [0.15, 0.2) is 5.43 Å². The van der Waals surface area contributed by atoms with Gasteiger partial charge in [-0.2, -0.15) is 0 Å². The average molecular weight is 439 g/mol. The third kappa shape index (κ3) is 4.20. The largest absolute Gasteiger partial charge is 0.350 e. The quantitative estimate of drug-likeness (QED) is 0.599. The molecule has 0 aliphatic heterocycles. The Balaban J connectivity index is 1.59. The molecule has 1 amide bonds. The molecule has 0 saturated heterocycles. The number of aromatic nitrogens is 1. The first-order chi connectivity index (χ1) is 13.6. The predicted molar refractivity (Wildman–Crippen MR) is 116 cm³/mol. The second-order valence-electron chi connectivity index (χ2n) is 7.55. The van der Waals surface area contributed by atoms with Crippen LogP contribution in [0.4, 0.5) is 0 Å². The molecule has 0 spiro atoms. The van der Waals surface area contributed by atoms with Gasteiger partial charge in [-0.05, 0) is 48.9 Å². The number of amides is 1. The van der Waals surface area contributed by atoms with E-state index >= 15 is 0 Å². The Morgan fingerprint density at radius 3 is 2.61 bits per heavy atom. The number of hydrogen-bond acceptors (Lipinski definition) is 2. The molecule has 1 aliphatic rings. The van der Waals surface area contributed by atoms with Gasteiger partial charge in [0, 0.05) is 27.5 Å². The van der Waals surface area contributed by atoms with Crippen LogP contribution in [0.1, 0.15) is 41.7 Å². The van der Waals surface area contributed by atoms with Crippen molar-refractivity contribution >= 4 is 32.7 Å². The molecule has 0 bridgehead atoms. The molecular weight excluding hydrogens is 416 g/mol. The topological polar surface area (TPSA) is 62.0 Å². The smallest absolute Gasteiger partial charge is 0.268 e. The zero-order valence-corrected chi connectivity index (χ0v) is 17.2. The fourth-order valence-corrected chi connectivity index (χ4v) is 4.51. The zero-order chi connectivity index (χ0) is 19.5. The Morgan fingerprint density at radius 1 is 1.11 bits per heavy atom. The van der Waals surface area contributed by atoms with Gasteiger partial charge in [-0.15, -0.1) is 0 Å². The highest BCUT2D eigenvalue weighted by Gasteiger charge is 2.27. The molecule has 1 fully saturated rings. The zero-order valence-electron chi connectivity index (χ0n) is 15.6. The number of carbonyl (C=O) groups is 1. The molecule has 1 saturated carbocycles. The highest BCUT2D eigenvalue weighted by atomic mass is 79.9. The number of hydrogen-bond donors (Lipinski definition) is 2. The molecule has 2 N–H and O–H groups in total. The van der Waals surface area contributed by atoms with E-state index in [1.165, 1.54) is 24.5 Å². The Morgan fingerprint density at radius 2 is 1.86 bits per heavy atom. The van der Waals surface area contributed by atoms with Crippen molar-refractivity contribution in [2.24, 2.45) is 5.92 Å². The summed E-state index contributed by atoms with van der Waals surface area (Å²) in [7, 11) is 0. The molecule has 4 rings (SSSR count). The molecule has 1 atom stereocenters. The van der Waals surface area contributed by atoms with Crippen LogP contribution in [0, 0.1) is 5.92 Å². The lowest BCUT2D eigenvalue weighted by atomic mass is 9.92. The van der Waals surface area contributed by atoms with E-state index in [4.69, 9.17) is 0 Å². The molecule has 1 aromatic heterocycles. The molecule has 1 unspecified atom stereocenters. The predicted octanol–water partition coefficient (Wildman–Crippen LogP) is 4.82. The molecule has 3 aromatic rings. The second-order valence-corrected chi connectivity index (χ2v) is 8.47.